The molecule has 0 bridgehead atoms. The third-order valence-electron chi connectivity index (χ3n) is 6.28. The van der Waals surface area contributed by atoms with Gasteiger partial charge in [-0.1, -0.05) is 6.07 Å². The number of nitrogens with one attached hydrogen (secondary N) is 3. The topological polar surface area (TPSA) is 112 Å². The molecule has 4 aromatic rings. The molecule has 10 heteroatoms. The first kappa shape index (κ1) is 23.6. The summed E-state index contributed by atoms with van der Waals surface area (Å²) in [6.45, 7) is 6.76. The van der Waals surface area contributed by atoms with Crippen molar-refractivity contribution in [3.63, 3.8) is 0 Å². The van der Waals surface area contributed by atoms with Gasteiger partial charge in [-0.25, -0.2) is 14.5 Å². The number of imidazole rings is 1. The highest BCUT2D eigenvalue weighted by Gasteiger charge is 2.28. The van der Waals surface area contributed by atoms with E-state index in [0.717, 1.165) is 41.1 Å². The second-order valence-electron chi connectivity index (χ2n) is 9.11. The zero-order chi connectivity index (χ0) is 25.2. The summed E-state index contributed by atoms with van der Waals surface area (Å²) in [4.78, 5) is 14.6. The Bertz CT molecular complexity index is 1450. The Morgan fingerprint density at radius 2 is 2.08 bits per heavy atom. The smallest absolute Gasteiger partial charge is 0.175 e. The van der Waals surface area contributed by atoms with Crippen LogP contribution in [0.3, 0.4) is 0 Å². The summed E-state index contributed by atoms with van der Waals surface area (Å²) in [5.74, 6) is 1.36. The molecule has 0 aromatic carbocycles. The highest BCUT2D eigenvalue weighted by molar-refractivity contribution is 6.54. The average molecular weight is 486 g/mol. The number of aryl methyl sites for hydroxylation is 1. The molecule has 0 amide bonds. The first-order valence-electron chi connectivity index (χ1n) is 12.0. The molecule has 0 spiro atoms. The molecule has 0 atom stereocenters. The monoisotopic (exact) mass is 485 g/mol. The molecule has 1 aliphatic carbocycles. The normalized spacial score (nSPS) is 14.5. The standard InChI is InChI=1S/C26H31N9O/c1-17-18(2)30-25-21(36-14-13-34-12-8-28-16-34)15-19(23(27)22(17)25)31-24-20-7-5-6-10-35(20)32-26(24)29-9-11-33(3)4/h5-8,10,12,15-16,27,30H,9,11,13-14H2,1-4H3,(H,29,32)/b27-23?,31-19+. The van der Waals surface area contributed by atoms with Gasteiger partial charge in [0.2, 0.25) is 0 Å². The van der Waals surface area contributed by atoms with Crippen molar-refractivity contribution in [2.75, 3.05) is 39.1 Å². The van der Waals surface area contributed by atoms with Gasteiger partial charge in [0.1, 0.15) is 18.1 Å². The number of nitrogens with zero attached hydrogens (tertiary/aromatic N) is 6. The number of fused-ring (bicyclic) bond motifs is 2. The summed E-state index contributed by atoms with van der Waals surface area (Å²) >= 11 is 0. The van der Waals surface area contributed by atoms with E-state index in [4.69, 9.17) is 20.2 Å². The van der Waals surface area contributed by atoms with Crippen LogP contribution in [0.4, 0.5) is 11.5 Å². The number of aromatic nitrogens is 5. The average Bonchev–Trinajstić information content (AvgIpc) is 3.56. The van der Waals surface area contributed by atoms with Crippen LogP contribution in [0.25, 0.3) is 11.3 Å². The molecule has 5 rings (SSSR count). The Kier molecular flexibility index (Phi) is 6.43. The van der Waals surface area contributed by atoms with E-state index in [1.165, 1.54) is 0 Å². The highest BCUT2D eigenvalue weighted by Crippen LogP contribution is 2.34. The lowest BCUT2D eigenvalue weighted by Gasteiger charge is -2.18. The van der Waals surface area contributed by atoms with Crippen molar-refractivity contribution in [2.24, 2.45) is 4.99 Å². The maximum atomic E-state index is 9.02. The minimum absolute atomic E-state index is 0.364. The molecule has 4 heterocycles. The molecule has 0 aliphatic heterocycles. The highest BCUT2D eigenvalue weighted by atomic mass is 16.5. The Hall–Kier alpha value is -4.18. The van der Waals surface area contributed by atoms with Crippen molar-refractivity contribution in [3.8, 4) is 0 Å². The minimum atomic E-state index is 0.364. The van der Waals surface area contributed by atoms with Crippen LogP contribution in [0.2, 0.25) is 0 Å². The van der Waals surface area contributed by atoms with E-state index in [-0.39, 0.29) is 0 Å². The van der Waals surface area contributed by atoms with Crippen molar-refractivity contribution in [3.05, 3.63) is 71.7 Å². The van der Waals surface area contributed by atoms with Gasteiger partial charge in [-0.3, -0.25) is 5.41 Å². The molecular weight excluding hydrogens is 454 g/mol. The molecular formula is C26H31N9O. The number of rotatable bonds is 9. The van der Waals surface area contributed by atoms with Gasteiger partial charge in [-0.05, 0) is 45.6 Å². The first-order valence-corrected chi connectivity index (χ1v) is 12.0. The Morgan fingerprint density at radius 3 is 2.86 bits per heavy atom. The number of ether oxygens (including phenoxy) is 1. The number of anilines is 1. The van der Waals surface area contributed by atoms with Crippen molar-refractivity contribution in [1.82, 2.24) is 29.0 Å². The van der Waals surface area contributed by atoms with E-state index in [0.29, 0.717) is 41.8 Å². The number of pyridine rings is 1. The van der Waals surface area contributed by atoms with Gasteiger partial charge in [0.05, 0.1) is 35.5 Å². The van der Waals surface area contributed by atoms with Gasteiger partial charge in [-0.15, -0.1) is 5.10 Å². The number of aromatic amines is 1. The van der Waals surface area contributed by atoms with Crippen LogP contribution in [-0.4, -0.2) is 74.3 Å². The lowest BCUT2D eigenvalue weighted by Crippen LogP contribution is -2.21. The van der Waals surface area contributed by atoms with Crippen molar-refractivity contribution in [2.45, 2.75) is 20.4 Å². The Balaban J connectivity index is 1.53. The van der Waals surface area contributed by atoms with Crippen LogP contribution in [0.5, 0.6) is 0 Å². The third kappa shape index (κ3) is 4.55. The number of allylic oxidation sites excluding steroid dienone is 1. The number of hydrogen-bond donors (Lipinski definition) is 3. The quantitative estimate of drug-likeness (QED) is 0.335. The maximum Gasteiger partial charge on any atom is 0.175 e. The zero-order valence-electron chi connectivity index (χ0n) is 21.0. The molecule has 1 aliphatic rings. The second-order valence-corrected chi connectivity index (χ2v) is 9.11. The molecule has 0 saturated heterocycles. The molecule has 3 N–H and O–H groups in total. The van der Waals surface area contributed by atoms with Gasteiger partial charge < -0.3 is 24.5 Å². The van der Waals surface area contributed by atoms with Crippen molar-refractivity contribution >= 4 is 34.2 Å². The van der Waals surface area contributed by atoms with E-state index < -0.39 is 0 Å². The fourth-order valence-electron chi connectivity index (χ4n) is 4.23. The third-order valence-corrected chi connectivity index (χ3v) is 6.28. The lowest BCUT2D eigenvalue weighted by atomic mass is 9.95. The van der Waals surface area contributed by atoms with Gasteiger partial charge in [-0.2, -0.15) is 0 Å². The summed E-state index contributed by atoms with van der Waals surface area (Å²) in [6, 6.07) is 5.89. The Morgan fingerprint density at radius 1 is 1.22 bits per heavy atom. The SMILES string of the molecule is Cc1[nH]c2c(c1C)C(=N)/C(=N/c1c(NCCN(C)C)nn3ccccc13)C=C2OCCn1ccnc1. The molecule has 36 heavy (non-hydrogen) atoms. The van der Waals surface area contributed by atoms with E-state index >= 15 is 0 Å². The fourth-order valence-corrected chi connectivity index (χ4v) is 4.23. The van der Waals surface area contributed by atoms with Crippen LogP contribution in [0.1, 0.15) is 22.5 Å². The van der Waals surface area contributed by atoms with Crippen LogP contribution in [0, 0.1) is 19.3 Å². The van der Waals surface area contributed by atoms with Crippen LogP contribution < -0.4 is 5.32 Å². The van der Waals surface area contributed by atoms with E-state index in [9.17, 15) is 0 Å². The number of H-pyrrole nitrogens is 1. The van der Waals surface area contributed by atoms with Gasteiger partial charge in [0.15, 0.2) is 5.82 Å². The van der Waals surface area contributed by atoms with Crippen molar-refractivity contribution in [1.29, 1.82) is 5.41 Å². The van der Waals surface area contributed by atoms with Gasteiger partial charge >= 0.3 is 0 Å². The summed E-state index contributed by atoms with van der Waals surface area (Å²) < 4.78 is 10.0. The molecule has 0 saturated carbocycles. The summed E-state index contributed by atoms with van der Waals surface area (Å²) in [7, 11) is 4.07. The van der Waals surface area contributed by atoms with Crippen molar-refractivity contribution < 1.29 is 4.74 Å². The maximum absolute atomic E-state index is 9.02. The molecule has 4 aromatic heterocycles. The molecule has 0 fully saturated rings. The zero-order valence-corrected chi connectivity index (χ0v) is 21.0. The summed E-state index contributed by atoms with van der Waals surface area (Å²) in [5.41, 5.74) is 6.16. The fraction of sp³-hybridized carbons (Fsp3) is 0.308. The van der Waals surface area contributed by atoms with Gasteiger partial charge in [0, 0.05) is 49.0 Å². The number of hydrogen-bond acceptors (Lipinski definition) is 7. The minimum Gasteiger partial charge on any atom is -0.489 e. The molecule has 0 radical (unpaired) electrons. The summed E-state index contributed by atoms with van der Waals surface area (Å²) in [5, 5.41) is 17.1. The molecule has 0 unspecified atom stereocenters. The predicted molar refractivity (Wildman–Crippen MR) is 143 cm³/mol. The lowest BCUT2D eigenvalue weighted by molar-refractivity contribution is 0.259. The molecule has 10 nitrogen and oxygen atoms in total. The van der Waals surface area contributed by atoms with E-state index in [1.54, 1.807) is 12.5 Å². The first-order chi connectivity index (χ1) is 17.4. The van der Waals surface area contributed by atoms with Gasteiger partial charge in [0.25, 0.3) is 0 Å². The van der Waals surface area contributed by atoms with Crippen LogP contribution in [-0.2, 0) is 11.3 Å². The molecule has 186 valence electrons. The Labute approximate surface area is 209 Å². The van der Waals surface area contributed by atoms with E-state index in [1.807, 2.05) is 73.7 Å². The summed E-state index contributed by atoms with van der Waals surface area (Å²) in [6.07, 6.45) is 9.18. The van der Waals surface area contributed by atoms with Crippen LogP contribution >= 0.6 is 0 Å². The van der Waals surface area contributed by atoms with E-state index in [2.05, 4.69) is 20.2 Å². The van der Waals surface area contributed by atoms with Crippen LogP contribution in [0.15, 0.2) is 54.2 Å². The predicted octanol–water partition coefficient (Wildman–Crippen LogP) is 3.66. The number of likely N-dealkylation sites (N-methyl/N-ethyl adjacent to an activating group) is 1. The second kappa shape index (κ2) is 9.82. The number of aliphatic imine (C=N–C) groups is 1. The largest absolute Gasteiger partial charge is 0.489 e.